The fraction of sp³-hybridized carbons (Fsp3) is 0.647. The van der Waals surface area contributed by atoms with Gasteiger partial charge in [-0.2, -0.15) is 13.2 Å². The normalized spacial score (nSPS) is 30.6. The summed E-state index contributed by atoms with van der Waals surface area (Å²) in [5.74, 6) is 0. The summed E-state index contributed by atoms with van der Waals surface area (Å²) in [6, 6.07) is 5.88. The average Bonchev–Trinajstić information content (AvgIpc) is 3.01. The van der Waals surface area contributed by atoms with Crippen LogP contribution in [0.1, 0.15) is 49.7 Å². The summed E-state index contributed by atoms with van der Waals surface area (Å²) in [7, 11) is 0. The summed E-state index contributed by atoms with van der Waals surface area (Å²) in [6.07, 6.45) is 0.335. The highest BCUT2D eigenvalue weighted by atomic mass is 19.4. The molecule has 1 aliphatic carbocycles. The molecule has 1 saturated heterocycles. The molecule has 0 bridgehead atoms. The Morgan fingerprint density at radius 3 is 2.23 bits per heavy atom. The first-order valence-electron chi connectivity index (χ1n) is 8.03. The number of nitrogens with zero attached hydrogens (tertiary/aromatic N) is 1. The summed E-state index contributed by atoms with van der Waals surface area (Å²) in [4.78, 5) is 2.43. The highest BCUT2D eigenvalue weighted by molar-refractivity contribution is 5.35. The molecule has 0 amide bonds. The minimum Gasteiger partial charge on any atom is -0.385 e. The van der Waals surface area contributed by atoms with Gasteiger partial charge in [0, 0.05) is 6.04 Å². The van der Waals surface area contributed by atoms with Crippen molar-refractivity contribution in [3.8, 4) is 0 Å². The SMILES string of the molecule is OC1(c2ccccc2C(F)(F)F)CCC(N2CCCC2)CC1. The maximum absolute atomic E-state index is 13.2. The molecule has 1 aromatic carbocycles. The summed E-state index contributed by atoms with van der Waals surface area (Å²) >= 11 is 0. The van der Waals surface area contributed by atoms with Crippen LogP contribution in [0.2, 0.25) is 0 Å². The van der Waals surface area contributed by atoms with Gasteiger partial charge in [0.2, 0.25) is 0 Å². The second-order valence-electron chi connectivity index (χ2n) is 6.55. The molecule has 122 valence electrons. The fourth-order valence-electron chi connectivity index (χ4n) is 3.96. The Morgan fingerprint density at radius 1 is 1.05 bits per heavy atom. The number of halogens is 3. The summed E-state index contributed by atoms with van der Waals surface area (Å²) in [5, 5.41) is 10.8. The number of likely N-dealkylation sites (tertiary alicyclic amines) is 1. The maximum atomic E-state index is 13.2. The third-order valence-electron chi connectivity index (χ3n) is 5.17. The van der Waals surface area contributed by atoms with E-state index in [1.165, 1.54) is 25.0 Å². The molecule has 3 rings (SSSR count). The lowest BCUT2D eigenvalue weighted by Gasteiger charge is -2.40. The van der Waals surface area contributed by atoms with Crippen molar-refractivity contribution in [2.24, 2.45) is 0 Å². The van der Waals surface area contributed by atoms with Crippen LogP contribution >= 0.6 is 0 Å². The van der Waals surface area contributed by atoms with Gasteiger partial charge in [0.15, 0.2) is 0 Å². The van der Waals surface area contributed by atoms with Crippen LogP contribution in [-0.2, 0) is 11.8 Å². The largest absolute Gasteiger partial charge is 0.416 e. The van der Waals surface area contributed by atoms with Gasteiger partial charge in [0.05, 0.1) is 11.2 Å². The topological polar surface area (TPSA) is 23.5 Å². The first-order chi connectivity index (χ1) is 10.4. The fourth-order valence-corrected chi connectivity index (χ4v) is 3.96. The van der Waals surface area contributed by atoms with Crippen molar-refractivity contribution in [3.05, 3.63) is 35.4 Å². The quantitative estimate of drug-likeness (QED) is 0.894. The van der Waals surface area contributed by atoms with Crippen LogP contribution in [0.3, 0.4) is 0 Å². The van der Waals surface area contributed by atoms with Crippen LogP contribution in [0.4, 0.5) is 13.2 Å². The number of rotatable bonds is 2. The van der Waals surface area contributed by atoms with E-state index in [1.807, 2.05) is 0 Å². The van der Waals surface area contributed by atoms with Crippen LogP contribution in [-0.4, -0.2) is 29.1 Å². The van der Waals surface area contributed by atoms with Gasteiger partial charge < -0.3 is 10.0 Å². The summed E-state index contributed by atoms with van der Waals surface area (Å²) < 4.78 is 39.5. The zero-order valence-corrected chi connectivity index (χ0v) is 12.6. The Hall–Kier alpha value is -1.07. The molecule has 2 nitrogen and oxygen atoms in total. The van der Waals surface area contributed by atoms with Crippen molar-refractivity contribution in [1.29, 1.82) is 0 Å². The van der Waals surface area contributed by atoms with Crippen molar-refractivity contribution in [3.63, 3.8) is 0 Å². The Bertz CT molecular complexity index is 515. The zero-order valence-electron chi connectivity index (χ0n) is 12.6. The molecule has 0 radical (unpaired) electrons. The molecule has 5 heteroatoms. The van der Waals surface area contributed by atoms with Crippen molar-refractivity contribution < 1.29 is 18.3 Å². The van der Waals surface area contributed by atoms with E-state index in [4.69, 9.17) is 0 Å². The first kappa shape index (κ1) is 15.8. The molecule has 1 N–H and O–H groups in total. The van der Waals surface area contributed by atoms with E-state index in [1.54, 1.807) is 6.07 Å². The number of hydrogen-bond donors (Lipinski definition) is 1. The van der Waals surface area contributed by atoms with E-state index < -0.39 is 17.3 Å². The number of aliphatic hydroxyl groups is 1. The van der Waals surface area contributed by atoms with Gasteiger partial charge >= 0.3 is 6.18 Å². The van der Waals surface area contributed by atoms with E-state index in [0.29, 0.717) is 18.9 Å². The molecule has 1 saturated carbocycles. The zero-order chi connectivity index (χ0) is 15.8. The Labute approximate surface area is 128 Å². The lowest BCUT2D eigenvalue weighted by molar-refractivity contribution is -0.141. The van der Waals surface area contributed by atoms with E-state index in [2.05, 4.69) is 4.90 Å². The van der Waals surface area contributed by atoms with E-state index in [9.17, 15) is 18.3 Å². The van der Waals surface area contributed by atoms with Crippen molar-refractivity contribution >= 4 is 0 Å². The molecule has 2 fully saturated rings. The molecule has 0 unspecified atom stereocenters. The van der Waals surface area contributed by atoms with Gasteiger partial charge in [-0.1, -0.05) is 18.2 Å². The molecular formula is C17H22F3NO. The molecule has 1 aromatic rings. The van der Waals surface area contributed by atoms with Gasteiger partial charge in [-0.05, 0) is 63.2 Å². The van der Waals surface area contributed by atoms with Gasteiger partial charge in [-0.15, -0.1) is 0 Å². The maximum Gasteiger partial charge on any atom is 0.416 e. The van der Waals surface area contributed by atoms with Crippen LogP contribution < -0.4 is 0 Å². The molecule has 1 heterocycles. The second-order valence-corrected chi connectivity index (χ2v) is 6.55. The average molecular weight is 313 g/mol. The van der Waals surface area contributed by atoms with Crippen LogP contribution in [0.5, 0.6) is 0 Å². The Kier molecular flexibility index (Phi) is 4.21. The molecule has 0 spiro atoms. The van der Waals surface area contributed by atoms with E-state index >= 15 is 0 Å². The number of hydrogen-bond acceptors (Lipinski definition) is 2. The molecule has 1 aliphatic heterocycles. The van der Waals surface area contributed by atoms with Crippen LogP contribution in [0.15, 0.2) is 24.3 Å². The first-order valence-corrected chi connectivity index (χ1v) is 8.03. The van der Waals surface area contributed by atoms with Crippen molar-refractivity contribution in [2.45, 2.75) is 56.3 Å². The highest BCUT2D eigenvalue weighted by Crippen LogP contribution is 2.44. The predicted molar refractivity (Wildman–Crippen MR) is 78.4 cm³/mol. The summed E-state index contributed by atoms with van der Waals surface area (Å²) in [5.41, 5.74) is -2.00. The number of alkyl halides is 3. The van der Waals surface area contributed by atoms with Gasteiger partial charge in [0.25, 0.3) is 0 Å². The summed E-state index contributed by atoms with van der Waals surface area (Å²) in [6.45, 7) is 2.17. The monoisotopic (exact) mass is 313 g/mol. The third-order valence-corrected chi connectivity index (χ3v) is 5.17. The number of benzene rings is 1. The van der Waals surface area contributed by atoms with Crippen LogP contribution in [0, 0.1) is 0 Å². The third kappa shape index (κ3) is 3.01. The molecule has 2 aliphatic rings. The van der Waals surface area contributed by atoms with Gasteiger partial charge in [-0.25, -0.2) is 0 Å². The standard InChI is InChI=1S/C17H22F3NO/c18-17(19,20)15-6-2-1-5-14(15)16(22)9-7-13(8-10-16)21-11-3-4-12-21/h1-2,5-6,13,22H,3-4,7-12H2. The Morgan fingerprint density at radius 2 is 1.64 bits per heavy atom. The van der Waals surface area contributed by atoms with Crippen LogP contribution in [0.25, 0.3) is 0 Å². The lowest BCUT2D eigenvalue weighted by Crippen LogP contribution is -2.42. The minimum atomic E-state index is -4.42. The van der Waals surface area contributed by atoms with Crippen molar-refractivity contribution in [1.82, 2.24) is 4.90 Å². The molecule has 0 atom stereocenters. The Balaban J connectivity index is 1.78. The predicted octanol–water partition coefficient (Wildman–Crippen LogP) is 3.93. The highest BCUT2D eigenvalue weighted by Gasteiger charge is 2.43. The van der Waals surface area contributed by atoms with E-state index in [0.717, 1.165) is 32.0 Å². The van der Waals surface area contributed by atoms with E-state index in [-0.39, 0.29) is 5.56 Å². The minimum absolute atomic E-state index is 0.0439. The smallest absolute Gasteiger partial charge is 0.385 e. The second kappa shape index (κ2) is 5.85. The van der Waals surface area contributed by atoms with Gasteiger partial charge in [-0.3, -0.25) is 0 Å². The molecule has 22 heavy (non-hydrogen) atoms. The molecular weight excluding hydrogens is 291 g/mol. The lowest BCUT2D eigenvalue weighted by atomic mass is 9.75. The molecule has 0 aromatic heterocycles. The van der Waals surface area contributed by atoms with Gasteiger partial charge in [0.1, 0.15) is 0 Å². The van der Waals surface area contributed by atoms with Crippen molar-refractivity contribution in [2.75, 3.05) is 13.1 Å².